The van der Waals surface area contributed by atoms with E-state index in [1.807, 2.05) is 12.1 Å². The van der Waals surface area contributed by atoms with Crippen molar-refractivity contribution in [2.24, 2.45) is 0 Å². The van der Waals surface area contributed by atoms with Crippen LogP contribution in [0.2, 0.25) is 5.02 Å². The Morgan fingerprint density at radius 2 is 1.83 bits per heavy atom. The number of benzene rings is 1. The van der Waals surface area contributed by atoms with Crippen LogP contribution in [0.4, 0.5) is 0 Å². The quantitative estimate of drug-likeness (QED) is 0.541. The zero-order chi connectivity index (χ0) is 13.4. The summed E-state index contributed by atoms with van der Waals surface area (Å²) in [5.41, 5.74) is 0. The second kappa shape index (κ2) is 7.87. The summed E-state index contributed by atoms with van der Waals surface area (Å²) in [6.07, 6.45) is 3.25. The Morgan fingerprint density at radius 3 is 2.50 bits per heavy atom. The van der Waals surface area contributed by atoms with Gasteiger partial charge in [-0.2, -0.15) is 0 Å². The Morgan fingerprint density at radius 1 is 1.11 bits per heavy atom. The molecule has 0 fully saturated rings. The van der Waals surface area contributed by atoms with Crippen LogP contribution in [0.5, 0.6) is 5.75 Å². The number of halogens is 2. The van der Waals surface area contributed by atoms with Crippen molar-refractivity contribution >= 4 is 31.3 Å². The lowest BCUT2D eigenvalue weighted by molar-refractivity contribution is 0.305. The van der Waals surface area contributed by atoms with Gasteiger partial charge in [-0.3, -0.25) is 0 Å². The second-order valence-electron chi connectivity index (χ2n) is 3.96. The standard InChI is InChI=1S/C12H16Cl2O3S/c13-11-6-5-7-12(10-11)17-8-3-1-2-4-9-18(14,15)16/h5-7,10H,1-4,8-9H2. The molecular formula is C12H16Cl2O3S. The van der Waals surface area contributed by atoms with E-state index in [-0.39, 0.29) is 5.75 Å². The highest BCUT2D eigenvalue weighted by Gasteiger charge is 2.03. The fourth-order valence-corrected chi connectivity index (χ4v) is 2.53. The molecule has 0 bridgehead atoms. The van der Waals surface area contributed by atoms with Gasteiger partial charge in [0.15, 0.2) is 0 Å². The first-order chi connectivity index (χ1) is 8.47. The van der Waals surface area contributed by atoms with E-state index in [2.05, 4.69) is 0 Å². The van der Waals surface area contributed by atoms with E-state index < -0.39 is 9.05 Å². The second-order valence-corrected chi connectivity index (χ2v) is 7.30. The maximum atomic E-state index is 10.7. The van der Waals surface area contributed by atoms with Gasteiger partial charge in [0.1, 0.15) is 5.75 Å². The van der Waals surface area contributed by atoms with E-state index in [1.54, 1.807) is 12.1 Å². The summed E-state index contributed by atoms with van der Waals surface area (Å²) in [5.74, 6) is 0.801. The number of unbranched alkanes of at least 4 members (excludes halogenated alkanes) is 3. The van der Waals surface area contributed by atoms with Gasteiger partial charge in [-0.1, -0.05) is 30.5 Å². The van der Waals surface area contributed by atoms with Gasteiger partial charge in [-0.05, 0) is 31.0 Å². The minimum atomic E-state index is -3.34. The Kier molecular flexibility index (Phi) is 6.82. The SMILES string of the molecule is O=S(=O)(Cl)CCCCCCOc1cccc(Cl)c1. The first-order valence-corrected chi connectivity index (χ1v) is 8.64. The number of rotatable bonds is 8. The van der Waals surface area contributed by atoms with Gasteiger partial charge >= 0.3 is 0 Å². The van der Waals surface area contributed by atoms with Gasteiger partial charge in [0, 0.05) is 15.7 Å². The van der Waals surface area contributed by atoms with Crippen molar-refractivity contribution in [2.45, 2.75) is 25.7 Å². The van der Waals surface area contributed by atoms with E-state index in [0.717, 1.165) is 25.0 Å². The fourth-order valence-electron chi connectivity index (χ4n) is 1.48. The molecule has 0 atom stereocenters. The average molecular weight is 311 g/mol. The molecule has 102 valence electrons. The first-order valence-electron chi connectivity index (χ1n) is 5.78. The fraction of sp³-hybridized carbons (Fsp3) is 0.500. The van der Waals surface area contributed by atoms with Crippen molar-refractivity contribution in [1.82, 2.24) is 0 Å². The van der Waals surface area contributed by atoms with Gasteiger partial charge in [0.05, 0.1) is 12.4 Å². The van der Waals surface area contributed by atoms with Crippen molar-refractivity contribution < 1.29 is 13.2 Å². The highest BCUT2D eigenvalue weighted by Crippen LogP contribution is 2.17. The summed E-state index contributed by atoms with van der Waals surface area (Å²) >= 11 is 5.82. The highest BCUT2D eigenvalue weighted by atomic mass is 35.7. The zero-order valence-electron chi connectivity index (χ0n) is 9.94. The van der Waals surface area contributed by atoms with Gasteiger partial charge in [-0.25, -0.2) is 8.42 Å². The lowest BCUT2D eigenvalue weighted by Gasteiger charge is -2.06. The van der Waals surface area contributed by atoms with Crippen molar-refractivity contribution in [2.75, 3.05) is 12.4 Å². The van der Waals surface area contributed by atoms with Gasteiger partial charge in [0.25, 0.3) is 0 Å². The molecule has 0 radical (unpaired) electrons. The Balaban J connectivity index is 2.06. The maximum Gasteiger partial charge on any atom is 0.232 e. The Labute approximate surface area is 117 Å². The predicted octanol–water partition coefficient (Wildman–Crippen LogP) is 3.85. The van der Waals surface area contributed by atoms with Gasteiger partial charge < -0.3 is 4.74 Å². The van der Waals surface area contributed by atoms with Crippen LogP contribution in [0.1, 0.15) is 25.7 Å². The molecule has 18 heavy (non-hydrogen) atoms. The van der Waals surface area contributed by atoms with Crippen molar-refractivity contribution in [3.05, 3.63) is 29.3 Å². The van der Waals surface area contributed by atoms with Crippen LogP contribution >= 0.6 is 22.3 Å². The molecule has 0 saturated heterocycles. The summed E-state index contributed by atoms with van der Waals surface area (Å²) in [4.78, 5) is 0. The molecule has 0 aliphatic rings. The van der Waals surface area contributed by atoms with Crippen molar-refractivity contribution in [1.29, 1.82) is 0 Å². The molecule has 3 nitrogen and oxygen atoms in total. The van der Waals surface area contributed by atoms with Crippen LogP contribution in [0.15, 0.2) is 24.3 Å². The molecule has 0 saturated carbocycles. The van der Waals surface area contributed by atoms with Crippen LogP contribution in [0.25, 0.3) is 0 Å². The molecule has 0 spiro atoms. The minimum absolute atomic E-state index is 0.0453. The monoisotopic (exact) mass is 310 g/mol. The summed E-state index contributed by atoms with van der Waals surface area (Å²) in [6.45, 7) is 0.605. The molecule has 0 unspecified atom stereocenters. The Hall–Kier alpha value is -0.450. The maximum absolute atomic E-state index is 10.7. The third kappa shape index (κ3) is 7.80. The number of ether oxygens (including phenoxy) is 1. The zero-order valence-corrected chi connectivity index (χ0v) is 12.3. The molecule has 6 heteroatoms. The van der Waals surface area contributed by atoms with Crippen LogP contribution in [-0.2, 0) is 9.05 Å². The molecule has 0 aromatic heterocycles. The lowest BCUT2D eigenvalue weighted by Crippen LogP contribution is -1.99. The van der Waals surface area contributed by atoms with E-state index in [4.69, 9.17) is 27.0 Å². The molecule has 1 aromatic carbocycles. The molecule has 0 aliphatic heterocycles. The third-order valence-electron chi connectivity index (χ3n) is 2.35. The minimum Gasteiger partial charge on any atom is -0.494 e. The third-order valence-corrected chi connectivity index (χ3v) is 3.82. The smallest absolute Gasteiger partial charge is 0.232 e. The molecule has 0 amide bonds. The van der Waals surface area contributed by atoms with Crippen LogP contribution in [0, 0.1) is 0 Å². The predicted molar refractivity (Wildman–Crippen MR) is 75.1 cm³/mol. The van der Waals surface area contributed by atoms with E-state index in [0.29, 0.717) is 18.1 Å². The van der Waals surface area contributed by atoms with E-state index in [9.17, 15) is 8.42 Å². The Bertz CT molecular complexity index is 460. The largest absolute Gasteiger partial charge is 0.494 e. The molecule has 1 rings (SSSR count). The topological polar surface area (TPSA) is 43.4 Å². The van der Waals surface area contributed by atoms with Crippen molar-refractivity contribution in [3.63, 3.8) is 0 Å². The summed E-state index contributed by atoms with van der Waals surface area (Å²) in [6, 6.07) is 7.25. The molecule has 0 aliphatic carbocycles. The van der Waals surface area contributed by atoms with Crippen molar-refractivity contribution in [3.8, 4) is 5.75 Å². The summed E-state index contributed by atoms with van der Waals surface area (Å²) in [5, 5.41) is 0.653. The number of hydrogen-bond donors (Lipinski definition) is 0. The van der Waals surface area contributed by atoms with Crippen LogP contribution in [0.3, 0.4) is 0 Å². The first kappa shape index (κ1) is 15.6. The average Bonchev–Trinajstić information content (AvgIpc) is 2.26. The van der Waals surface area contributed by atoms with E-state index in [1.165, 1.54) is 0 Å². The summed E-state index contributed by atoms with van der Waals surface area (Å²) in [7, 11) is 1.76. The molecular weight excluding hydrogens is 295 g/mol. The van der Waals surface area contributed by atoms with E-state index >= 15 is 0 Å². The number of hydrogen-bond acceptors (Lipinski definition) is 3. The van der Waals surface area contributed by atoms with Gasteiger partial charge in [-0.15, -0.1) is 0 Å². The highest BCUT2D eigenvalue weighted by molar-refractivity contribution is 8.13. The van der Waals surface area contributed by atoms with Crippen LogP contribution in [-0.4, -0.2) is 20.8 Å². The molecule has 1 aromatic rings. The summed E-state index contributed by atoms with van der Waals surface area (Å²) < 4.78 is 26.8. The van der Waals surface area contributed by atoms with Gasteiger partial charge in [0.2, 0.25) is 9.05 Å². The lowest BCUT2D eigenvalue weighted by atomic mass is 10.2. The van der Waals surface area contributed by atoms with Crippen LogP contribution < -0.4 is 4.74 Å². The molecule has 0 N–H and O–H groups in total. The normalized spacial score (nSPS) is 11.4. The molecule has 0 heterocycles.